The van der Waals surface area contributed by atoms with Gasteiger partial charge in [-0.15, -0.1) is 0 Å². The van der Waals surface area contributed by atoms with Crippen molar-refractivity contribution in [2.45, 2.75) is 77.0 Å². The van der Waals surface area contributed by atoms with Gasteiger partial charge in [-0.25, -0.2) is 22.4 Å². The quantitative estimate of drug-likeness (QED) is 0.0723. The number of methoxy groups -OCH3 is 1. The largest absolute Gasteiger partial charge is 0.462 e. The summed E-state index contributed by atoms with van der Waals surface area (Å²) in [6.45, 7) is 5.74. The Labute approximate surface area is 275 Å². The highest BCUT2D eigenvalue weighted by atomic mass is 19.2. The van der Waals surface area contributed by atoms with Crippen molar-refractivity contribution < 1.29 is 36.9 Å². The van der Waals surface area contributed by atoms with Crippen molar-refractivity contribution in [1.82, 2.24) is 0 Å². The molecule has 1 atom stereocenters. The van der Waals surface area contributed by atoms with Crippen molar-refractivity contribution in [3.8, 4) is 22.3 Å². The van der Waals surface area contributed by atoms with Gasteiger partial charge in [-0.3, -0.25) is 0 Å². The molecule has 0 aromatic heterocycles. The minimum Gasteiger partial charge on any atom is -0.462 e. The molecule has 8 heteroatoms. The number of hydrogen-bond donors (Lipinski definition) is 1. The lowest BCUT2D eigenvalue weighted by atomic mass is 9.76. The molecule has 4 rings (SSSR count). The first kappa shape index (κ1) is 36.3. The standard InChI is InChI=1S/C39H46F4O4/c1-4-5-6-7-29-14-19-34(38(43)37(29)42)31-16-18-33(36(41)21-31)30-15-17-32(35(40)20-30)28-12-10-26(11-13-28)8-9-27(23-46-3)24-47-39(45)25(2)22-44/h14-21,26-28,44H,2,4-13,22-24H2,1,3H3. The van der Waals surface area contributed by atoms with Crippen LogP contribution in [0.2, 0.25) is 0 Å². The fourth-order valence-corrected chi connectivity index (χ4v) is 6.56. The Morgan fingerprint density at radius 1 is 0.894 bits per heavy atom. The molecule has 0 spiro atoms. The van der Waals surface area contributed by atoms with Gasteiger partial charge in [-0.05, 0) is 97.6 Å². The SMILES string of the molecule is C=C(CO)C(=O)OCC(CCC1CCC(c2ccc(-c3ccc(-c4ccc(CCCCC)c(F)c4F)cc3F)cc2F)CC1)COC. The van der Waals surface area contributed by atoms with E-state index in [-0.39, 0.29) is 46.5 Å². The zero-order valence-electron chi connectivity index (χ0n) is 27.4. The number of halogens is 4. The molecule has 1 unspecified atom stereocenters. The van der Waals surface area contributed by atoms with E-state index in [1.54, 1.807) is 25.3 Å². The lowest BCUT2D eigenvalue weighted by molar-refractivity contribution is -0.141. The maximum absolute atomic E-state index is 15.4. The smallest absolute Gasteiger partial charge is 0.335 e. The summed E-state index contributed by atoms with van der Waals surface area (Å²) < 4.78 is 70.9. The van der Waals surface area contributed by atoms with E-state index in [4.69, 9.17) is 14.6 Å². The molecule has 0 radical (unpaired) electrons. The Bertz CT molecular complexity index is 1510. The van der Waals surface area contributed by atoms with Crippen LogP contribution in [0.4, 0.5) is 17.6 Å². The van der Waals surface area contributed by atoms with Crippen LogP contribution in [0.1, 0.15) is 81.8 Å². The number of hydrogen-bond acceptors (Lipinski definition) is 4. The summed E-state index contributed by atoms with van der Waals surface area (Å²) in [6.07, 6.45) is 8.46. The fourth-order valence-electron chi connectivity index (χ4n) is 6.56. The zero-order valence-corrected chi connectivity index (χ0v) is 27.4. The number of ether oxygens (including phenoxy) is 2. The number of unbranched alkanes of at least 4 members (excludes halogenated alkanes) is 2. The van der Waals surface area contributed by atoms with Crippen LogP contribution in [0.3, 0.4) is 0 Å². The van der Waals surface area contributed by atoms with E-state index in [1.807, 2.05) is 6.92 Å². The average molecular weight is 655 g/mol. The van der Waals surface area contributed by atoms with Crippen LogP contribution < -0.4 is 0 Å². The summed E-state index contributed by atoms with van der Waals surface area (Å²) in [5.41, 5.74) is 1.75. The van der Waals surface area contributed by atoms with Crippen molar-refractivity contribution in [1.29, 1.82) is 0 Å². The Morgan fingerprint density at radius 3 is 2.23 bits per heavy atom. The number of esters is 1. The summed E-state index contributed by atoms with van der Waals surface area (Å²) in [6, 6.07) is 12.0. The van der Waals surface area contributed by atoms with E-state index in [9.17, 15) is 13.6 Å². The van der Waals surface area contributed by atoms with Crippen LogP contribution in [-0.4, -0.2) is 38.0 Å². The minimum absolute atomic E-state index is 0.00805. The van der Waals surface area contributed by atoms with E-state index in [1.165, 1.54) is 30.3 Å². The minimum atomic E-state index is -0.988. The second kappa shape index (κ2) is 17.6. The highest BCUT2D eigenvalue weighted by molar-refractivity contribution is 5.87. The van der Waals surface area contributed by atoms with E-state index < -0.39 is 30.0 Å². The molecule has 1 aliphatic carbocycles. The summed E-state index contributed by atoms with van der Waals surface area (Å²) in [5.74, 6) is -2.93. The lowest BCUT2D eigenvalue weighted by Gasteiger charge is -2.30. The van der Waals surface area contributed by atoms with Gasteiger partial charge in [0.25, 0.3) is 0 Å². The van der Waals surface area contributed by atoms with Crippen molar-refractivity contribution in [2.24, 2.45) is 11.8 Å². The summed E-state index contributed by atoms with van der Waals surface area (Å²) in [5, 5.41) is 9.05. The number of benzene rings is 3. The van der Waals surface area contributed by atoms with E-state index in [0.717, 1.165) is 57.8 Å². The Morgan fingerprint density at radius 2 is 1.57 bits per heavy atom. The van der Waals surface area contributed by atoms with Crippen molar-refractivity contribution in [3.05, 3.63) is 95.1 Å². The maximum Gasteiger partial charge on any atom is 0.335 e. The molecule has 0 amide bonds. The van der Waals surface area contributed by atoms with Crippen LogP contribution in [0.25, 0.3) is 22.3 Å². The highest BCUT2D eigenvalue weighted by Gasteiger charge is 2.26. The Hall–Kier alpha value is -3.49. The highest BCUT2D eigenvalue weighted by Crippen LogP contribution is 2.40. The van der Waals surface area contributed by atoms with Crippen LogP contribution in [0, 0.1) is 35.1 Å². The molecule has 0 saturated heterocycles. The van der Waals surface area contributed by atoms with Gasteiger partial charge < -0.3 is 14.6 Å². The van der Waals surface area contributed by atoms with Gasteiger partial charge in [0.05, 0.1) is 25.4 Å². The third-order valence-electron chi connectivity index (χ3n) is 9.41. The topological polar surface area (TPSA) is 55.8 Å². The number of aryl methyl sites for hydroxylation is 1. The molecule has 1 N–H and O–H groups in total. The third-order valence-corrected chi connectivity index (χ3v) is 9.41. The van der Waals surface area contributed by atoms with Crippen molar-refractivity contribution >= 4 is 5.97 Å². The number of carbonyl (C=O) groups excluding carboxylic acids is 1. The Kier molecular flexibility index (Phi) is 13.6. The number of rotatable bonds is 16. The maximum atomic E-state index is 15.4. The van der Waals surface area contributed by atoms with Crippen molar-refractivity contribution in [2.75, 3.05) is 26.9 Å². The zero-order chi connectivity index (χ0) is 33.9. The summed E-state index contributed by atoms with van der Waals surface area (Å²) in [7, 11) is 1.61. The molecule has 0 aliphatic heterocycles. The van der Waals surface area contributed by atoms with Gasteiger partial charge in [0.15, 0.2) is 11.6 Å². The van der Waals surface area contributed by atoms with Gasteiger partial charge in [-0.2, -0.15) is 0 Å². The van der Waals surface area contributed by atoms with Gasteiger partial charge in [0.1, 0.15) is 11.6 Å². The lowest BCUT2D eigenvalue weighted by Crippen LogP contribution is -2.22. The second-order valence-corrected chi connectivity index (χ2v) is 12.8. The molecule has 0 bridgehead atoms. The first-order chi connectivity index (χ1) is 22.7. The van der Waals surface area contributed by atoms with E-state index in [0.29, 0.717) is 35.6 Å². The average Bonchev–Trinajstić information content (AvgIpc) is 3.07. The number of carbonyl (C=O) groups is 1. The molecule has 1 saturated carbocycles. The molecule has 4 nitrogen and oxygen atoms in total. The van der Waals surface area contributed by atoms with E-state index in [2.05, 4.69) is 6.58 Å². The normalized spacial score (nSPS) is 17.0. The molecule has 0 heterocycles. The number of aliphatic hydroxyl groups is 1. The first-order valence-electron chi connectivity index (χ1n) is 16.7. The van der Waals surface area contributed by atoms with Gasteiger partial charge in [0.2, 0.25) is 0 Å². The third kappa shape index (κ3) is 9.54. The number of aliphatic hydroxyl groups excluding tert-OH is 1. The monoisotopic (exact) mass is 654 g/mol. The molecular formula is C39H46F4O4. The summed E-state index contributed by atoms with van der Waals surface area (Å²) in [4.78, 5) is 11.8. The first-order valence-corrected chi connectivity index (χ1v) is 16.7. The van der Waals surface area contributed by atoms with Gasteiger partial charge >= 0.3 is 5.97 Å². The molecule has 254 valence electrons. The molecular weight excluding hydrogens is 608 g/mol. The second-order valence-electron chi connectivity index (χ2n) is 12.8. The molecule has 3 aromatic carbocycles. The molecule has 47 heavy (non-hydrogen) atoms. The predicted molar refractivity (Wildman–Crippen MR) is 177 cm³/mol. The van der Waals surface area contributed by atoms with Crippen molar-refractivity contribution in [3.63, 3.8) is 0 Å². The van der Waals surface area contributed by atoms with Crippen LogP contribution in [0.15, 0.2) is 60.7 Å². The van der Waals surface area contributed by atoms with Crippen LogP contribution in [-0.2, 0) is 20.7 Å². The van der Waals surface area contributed by atoms with Gasteiger partial charge in [0, 0.05) is 24.2 Å². The fraction of sp³-hybridized carbons (Fsp3) is 0.462. The molecule has 1 fully saturated rings. The predicted octanol–water partition coefficient (Wildman–Crippen LogP) is 9.72. The molecule has 1 aliphatic rings. The molecule has 3 aromatic rings. The van der Waals surface area contributed by atoms with Crippen LogP contribution in [0.5, 0.6) is 0 Å². The summed E-state index contributed by atoms with van der Waals surface area (Å²) >= 11 is 0. The van der Waals surface area contributed by atoms with E-state index >= 15 is 8.78 Å². The Balaban J connectivity index is 1.35. The van der Waals surface area contributed by atoms with Crippen LogP contribution >= 0.6 is 0 Å². The van der Waals surface area contributed by atoms with Gasteiger partial charge in [-0.1, -0.05) is 62.7 Å².